The summed E-state index contributed by atoms with van der Waals surface area (Å²) in [6, 6.07) is 17.4. The van der Waals surface area contributed by atoms with E-state index in [1.165, 1.54) is 6.07 Å². The molecule has 1 aromatic heterocycles. The second kappa shape index (κ2) is 9.32. The van der Waals surface area contributed by atoms with E-state index in [1.54, 1.807) is 42.7 Å². The van der Waals surface area contributed by atoms with Gasteiger partial charge in [0.2, 0.25) is 0 Å². The van der Waals surface area contributed by atoms with Crippen molar-refractivity contribution < 1.29 is 13.6 Å². The van der Waals surface area contributed by atoms with Gasteiger partial charge in [-0.2, -0.15) is 0 Å². The molecule has 2 heterocycles. The molecule has 2 aromatic carbocycles. The van der Waals surface area contributed by atoms with Gasteiger partial charge in [-0.1, -0.05) is 29.8 Å². The van der Waals surface area contributed by atoms with Gasteiger partial charge in [0.1, 0.15) is 11.6 Å². The van der Waals surface area contributed by atoms with E-state index in [0.717, 1.165) is 18.8 Å². The van der Waals surface area contributed by atoms with Crippen LogP contribution in [0.4, 0.5) is 10.1 Å². The number of nitrogens with zero attached hydrogens (tertiary/aromatic N) is 2. The van der Waals surface area contributed by atoms with E-state index in [1.807, 2.05) is 18.2 Å². The monoisotopic (exact) mass is 427 g/mol. The second-order valence-electron chi connectivity index (χ2n) is 7.23. The third-order valence-corrected chi connectivity index (χ3v) is 5.60. The van der Waals surface area contributed by atoms with Gasteiger partial charge >= 0.3 is 0 Å². The minimum atomic E-state index is -0.206. The Morgan fingerprint density at radius 3 is 2.57 bits per heavy atom. The highest BCUT2D eigenvalue weighted by atomic mass is 35.5. The van der Waals surface area contributed by atoms with Crippen LogP contribution in [0.25, 0.3) is 0 Å². The van der Waals surface area contributed by atoms with Gasteiger partial charge in [-0.15, -0.1) is 0 Å². The van der Waals surface area contributed by atoms with Crippen LogP contribution >= 0.6 is 11.6 Å². The van der Waals surface area contributed by atoms with Gasteiger partial charge < -0.3 is 14.6 Å². The van der Waals surface area contributed by atoms with Crippen molar-refractivity contribution in [3.63, 3.8) is 0 Å². The molecule has 1 aliphatic heterocycles. The van der Waals surface area contributed by atoms with E-state index in [-0.39, 0.29) is 17.8 Å². The molecule has 4 rings (SSSR count). The third-order valence-electron chi connectivity index (χ3n) is 5.36. The molecule has 0 bridgehead atoms. The molecular weight excluding hydrogens is 405 g/mol. The van der Waals surface area contributed by atoms with Gasteiger partial charge in [0.05, 0.1) is 18.0 Å². The SMILES string of the molecule is O=C(NC[C@H](c1ccco1)N1CCN(c2ccccc2F)CC1)c1cccc(Cl)c1. The van der Waals surface area contributed by atoms with E-state index < -0.39 is 0 Å². The smallest absolute Gasteiger partial charge is 0.251 e. The first kappa shape index (κ1) is 20.4. The van der Waals surface area contributed by atoms with E-state index in [2.05, 4.69) is 15.1 Å². The van der Waals surface area contributed by atoms with Crippen LogP contribution in [0.5, 0.6) is 0 Å². The minimum Gasteiger partial charge on any atom is -0.468 e. The zero-order valence-corrected chi connectivity index (χ0v) is 17.2. The van der Waals surface area contributed by atoms with Crippen molar-refractivity contribution in [1.29, 1.82) is 0 Å². The lowest BCUT2D eigenvalue weighted by Gasteiger charge is -2.39. The Morgan fingerprint density at radius 2 is 1.87 bits per heavy atom. The zero-order chi connectivity index (χ0) is 20.9. The van der Waals surface area contributed by atoms with Gasteiger partial charge in [-0.25, -0.2) is 4.39 Å². The predicted octanol–water partition coefficient (Wildman–Crippen LogP) is 4.37. The summed E-state index contributed by atoms with van der Waals surface area (Å²) in [7, 11) is 0. The summed E-state index contributed by atoms with van der Waals surface area (Å²) >= 11 is 6.00. The van der Waals surface area contributed by atoms with Crippen molar-refractivity contribution in [3.05, 3.63) is 89.1 Å². The molecule has 0 spiro atoms. The first-order chi connectivity index (χ1) is 14.6. The van der Waals surface area contributed by atoms with E-state index in [0.29, 0.717) is 35.9 Å². The number of benzene rings is 2. The summed E-state index contributed by atoms with van der Waals surface area (Å²) in [5, 5.41) is 3.51. The molecular formula is C23H23ClFN3O2. The summed E-state index contributed by atoms with van der Waals surface area (Å²) in [5.74, 6) is 0.405. The molecule has 3 aromatic rings. The number of hydrogen-bond donors (Lipinski definition) is 1. The van der Waals surface area contributed by atoms with Crippen LogP contribution in [0.1, 0.15) is 22.2 Å². The van der Waals surface area contributed by atoms with Gasteiger partial charge in [-0.3, -0.25) is 9.69 Å². The Balaban J connectivity index is 1.42. The van der Waals surface area contributed by atoms with E-state index in [9.17, 15) is 9.18 Å². The van der Waals surface area contributed by atoms with Crippen LogP contribution in [0.15, 0.2) is 71.3 Å². The topological polar surface area (TPSA) is 48.7 Å². The van der Waals surface area contributed by atoms with E-state index in [4.69, 9.17) is 16.0 Å². The quantitative estimate of drug-likeness (QED) is 0.634. The number of hydrogen-bond acceptors (Lipinski definition) is 4. The average molecular weight is 428 g/mol. The number of carbonyl (C=O) groups excluding carboxylic acids is 1. The average Bonchev–Trinajstić information content (AvgIpc) is 3.29. The largest absolute Gasteiger partial charge is 0.468 e. The minimum absolute atomic E-state index is 0.106. The summed E-state index contributed by atoms with van der Waals surface area (Å²) in [4.78, 5) is 16.9. The van der Waals surface area contributed by atoms with Gasteiger partial charge in [-0.05, 0) is 42.5 Å². The standard InChI is InChI=1S/C23H23ClFN3O2/c24-18-6-3-5-17(15-18)23(29)26-16-21(22-9-4-14-30-22)28-12-10-27(11-13-28)20-8-2-1-7-19(20)25/h1-9,14-15,21H,10-13,16H2,(H,26,29)/t21-/m1/s1. The van der Waals surface area contributed by atoms with Crippen molar-refractivity contribution in [2.75, 3.05) is 37.6 Å². The van der Waals surface area contributed by atoms with Gasteiger partial charge in [0.15, 0.2) is 0 Å². The van der Waals surface area contributed by atoms with Crippen LogP contribution in [-0.2, 0) is 0 Å². The molecule has 1 saturated heterocycles. The first-order valence-corrected chi connectivity index (χ1v) is 10.3. The lowest BCUT2D eigenvalue weighted by molar-refractivity contribution is 0.0922. The number of carbonyl (C=O) groups is 1. The summed E-state index contributed by atoms with van der Waals surface area (Å²) in [6.45, 7) is 3.25. The van der Waals surface area contributed by atoms with Crippen molar-refractivity contribution in [1.82, 2.24) is 10.2 Å². The number of rotatable bonds is 6. The summed E-state index contributed by atoms with van der Waals surface area (Å²) in [5.41, 5.74) is 1.14. The van der Waals surface area contributed by atoms with Crippen LogP contribution in [-0.4, -0.2) is 43.5 Å². The Bertz CT molecular complexity index is 988. The molecule has 7 heteroatoms. The van der Waals surface area contributed by atoms with Gasteiger partial charge in [0.25, 0.3) is 5.91 Å². The Hall–Kier alpha value is -2.83. The second-order valence-corrected chi connectivity index (χ2v) is 7.66. The molecule has 0 unspecified atom stereocenters. The molecule has 1 fully saturated rings. The maximum atomic E-state index is 14.1. The number of para-hydroxylation sites is 1. The van der Waals surface area contributed by atoms with Crippen LogP contribution in [0, 0.1) is 5.82 Å². The number of halogens is 2. The number of furan rings is 1. The van der Waals surface area contributed by atoms with Gasteiger partial charge in [0, 0.05) is 43.3 Å². The van der Waals surface area contributed by atoms with Crippen LogP contribution in [0.2, 0.25) is 5.02 Å². The molecule has 156 valence electrons. The molecule has 0 radical (unpaired) electrons. The van der Waals surface area contributed by atoms with Crippen LogP contribution < -0.4 is 10.2 Å². The fourth-order valence-electron chi connectivity index (χ4n) is 3.79. The van der Waals surface area contributed by atoms with Crippen molar-refractivity contribution in [3.8, 4) is 0 Å². The van der Waals surface area contributed by atoms with Crippen molar-refractivity contribution >= 4 is 23.2 Å². The maximum absolute atomic E-state index is 14.1. The highest BCUT2D eigenvalue weighted by Crippen LogP contribution is 2.25. The summed E-state index contributed by atoms with van der Waals surface area (Å²) < 4.78 is 19.8. The third kappa shape index (κ3) is 4.66. The lowest BCUT2D eigenvalue weighted by Crippen LogP contribution is -2.50. The Kier molecular flexibility index (Phi) is 6.35. The number of amides is 1. The number of piperazine rings is 1. The van der Waals surface area contributed by atoms with Crippen molar-refractivity contribution in [2.24, 2.45) is 0 Å². The molecule has 0 saturated carbocycles. The molecule has 0 aliphatic carbocycles. The maximum Gasteiger partial charge on any atom is 0.251 e. The fourth-order valence-corrected chi connectivity index (χ4v) is 3.98. The Labute approximate surface area is 180 Å². The molecule has 1 N–H and O–H groups in total. The molecule has 1 aliphatic rings. The normalized spacial score (nSPS) is 15.7. The highest BCUT2D eigenvalue weighted by Gasteiger charge is 2.28. The number of nitrogens with one attached hydrogen (secondary N) is 1. The van der Waals surface area contributed by atoms with Crippen molar-refractivity contribution in [2.45, 2.75) is 6.04 Å². The summed E-state index contributed by atoms with van der Waals surface area (Å²) in [6.07, 6.45) is 1.64. The fraction of sp³-hybridized carbons (Fsp3) is 0.261. The first-order valence-electron chi connectivity index (χ1n) is 9.92. The molecule has 1 atom stereocenters. The molecule has 1 amide bonds. The zero-order valence-electron chi connectivity index (χ0n) is 16.4. The highest BCUT2D eigenvalue weighted by molar-refractivity contribution is 6.30. The Morgan fingerprint density at radius 1 is 1.07 bits per heavy atom. The van der Waals surface area contributed by atoms with E-state index >= 15 is 0 Å². The molecule has 5 nitrogen and oxygen atoms in total. The lowest BCUT2D eigenvalue weighted by atomic mass is 10.1. The van der Waals surface area contributed by atoms with Crippen LogP contribution in [0.3, 0.4) is 0 Å². The predicted molar refractivity (Wildman–Crippen MR) is 115 cm³/mol. The molecule has 30 heavy (non-hydrogen) atoms. The number of anilines is 1.